The number of carbonyl (C=O) groups is 1. The van der Waals surface area contributed by atoms with Gasteiger partial charge in [-0.1, -0.05) is 40.9 Å². The average molecular weight is 552 g/mol. The maximum Gasteiger partial charge on any atom is 0.276 e. The number of carbonyl (C=O) groups excluding carboxylic acids is 1. The van der Waals surface area contributed by atoms with Gasteiger partial charge in [-0.2, -0.15) is 5.10 Å². The van der Waals surface area contributed by atoms with E-state index in [1.807, 2.05) is 25.3 Å². The van der Waals surface area contributed by atoms with Crippen molar-refractivity contribution >= 4 is 64.1 Å². The van der Waals surface area contributed by atoms with E-state index in [0.29, 0.717) is 43.9 Å². The van der Waals surface area contributed by atoms with E-state index in [2.05, 4.69) is 10.4 Å². The fraction of sp³-hybridized carbons (Fsp3) is 0.208. The van der Waals surface area contributed by atoms with Gasteiger partial charge in [0.2, 0.25) is 0 Å². The highest BCUT2D eigenvalue weighted by atomic mass is 35.5. The lowest BCUT2D eigenvalue weighted by Crippen LogP contribution is -2.29. The molecule has 2 heterocycles. The predicted molar refractivity (Wildman–Crippen MR) is 141 cm³/mol. The molecule has 0 radical (unpaired) electrons. The number of hydrogen-bond donors (Lipinski definition) is 1. The number of halogens is 3. The topological polar surface area (TPSA) is 68.6 Å². The molecule has 0 bridgehead atoms. The molecule has 0 spiro atoms. The number of thiocarbonyl (C=S) groups is 1. The summed E-state index contributed by atoms with van der Waals surface area (Å²) in [5, 5.41) is 8.62. The van der Waals surface area contributed by atoms with E-state index in [1.165, 1.54) is 11.0 Å². The Morgan fingerprint density at radius 1 is 1.11 bits per heavy atom. The van der Waals surface area contributed by atoms with Crippen LogP contribution >= 0.6 is 47.0 Å². The molecular formula is C24H21Cl3N4O3S. The van der Waals surface area contributed by atoms with E-state index in [4.69, 9.17) is 56.5 Å². The van der Waals surface area contributed by atoms with Gasteiger partial charge < -0.3 is 14.8 Å². The van der Waals surface area contributed by atoms with Crippen LogP contribution in [0.2, 0.25) is 15.1 Å². The molecule has 1 fully saturated rings. The first-order valence-electron chi connectivity index (χ1n) is 10.6. The summed E-state index contributed by atoms with van der Waals surface area (Å²) in [6.45, 7) is 3.25. The summed E-state index contributed by atoms with van der Waals surface area (Å²) in [5.74, 6) is 0.807. The number of aromatic nitrogens is 2. The van der Waals surface area contributed by atoms with Crippen LogP contribution in [0.1, 0.15) is 23.6 Å². The predicted octanol–water partition coefficient (Wildman–Crippen LogP) is 5.71. The molecule has 1 saturated heterocycles. The molecule has 11 heteroatoms. The molecule has 7 nitrogen and oxygen atoms in total. The molecule has 35 heavy (non-hydrogen) atoms. The Balaban J connectivity index is 1.52. The van der Waals surface area contributed by atoms with Crippen molar-refractivity contribution in [1.82, 2.24) is 20.0 Å². The Bertz CT molecular complexity index is 1330. The minimum absolute atomic E-state index is 0.158. The van der Waals surface area contributed by atoms with Crippen LogP contribution in [-0.2, 0) is 24.5 Å². The van der Waals surface area contributed by atoms with E-state index >= 15 is 0 Å². The Hall–Kier alpha value is -2.78. The van der Waals surface area contributed by atoms with Crippen molar-refractivity contribution < 1.29 is 14.3 Å². The average Bonchev–Trinajstić information content (AvgIpc) is 3.40. The first kappa shape index (κ1) is 25.3. The molecule has 182 valence electrons. The highest BCUT2D eigenvalue weighted by Gasteiger charge is 2.31. The van der Waals surface area contributed by atoms with Gasteiger partial charge in [-0.25, -0.2) is 0 Å². The third-order valence-corrected chi connectivity index (χ3v) is 6.63. The lowest BCUT2D eigenvalue weighted by molar-refractivity contribution is -0.122. The summed E-state index contributed by atoms with van der Waals surface area (Å²) in [6, 6.07) is 8.59. The van der Waals surface area contributed by atoms with Crippen LogP contribution in [0.4, 0.5) is 0 Å². The van der Waals surface area contributed by atoms with E-state index in [9.17, 15) is 4.79 Å². The maximum atomic E-state index is 13.0. The van der Waals surface area contributed by atoms with Crippen LogP contribution in [-0.4, -0.2) is 32.8 Å². The smallest absolute Gasteiger partial charge is 0.276 e. The van der Waals surface area contributed by atoms with Gasteiger partial charge in [0, 0.05) is 29.9 Å². The lowest BCUT2D eigenvalue weighted by atomic mass is 10.1. The van der Waals surface area contributed by atoms with Crippen LogP contribution in [0.25, 0.3) is 6.08 Å². The number of aryl methyl sites for hydroxylation is 1. The second kappa shape index (κ2) is 10.9. The van der Waals surface area contributed by atoms with E-state index < -0.39 is 0 Å². The lowest BCUT2D eigenvalue weighted by Gasteiger charge is -2.13. The standard InChI is InChI=1S/C24H21Cl3N4O3S/c1-3-30-11-15(10-28-30)12-31-23(32)20(29-24(31)35)7-14-4-5-21(33-2)16(6-14)13-34-22-9-18(26)17(25)8-19(22)27/h4-11H,3,12-13H2,1-2H3,(H,29,35)/b20-7+. The summed E-state index contributed by atoms with van der Waals surface area (Å²) < 4.78 is 13.1. The summed E-state index contributed by atoms with van der Waals surface area (Å²) in [5.41, 5.74) is 2.79. The summed E-state index contributed by atoms with van der Waals surface area (Å²) in [7, 11) is 1.57. The number of nitrogens with one attached hydrogen (secondary N) is 1. The third kappa shape index (κ3) is 5.73. The molecule has 1 aliphatic heterocycles. The SMILES string of the molecule is CCn1cc(CN2C(=O)/C(=C\c3ccc(OC)c(COc4cc(Cl)c(Cl)cc4Cl)c3)NC2=S)cn1. The molecule has 0 aliphatic carbocycles. The number of rotatable bonds is 8. The zero-order valence-corrected chi connectivity index (χ0v) is 21.9. The van der Waals surface area contributed by atoms with Gasteiger partial charge >= 0.3 is 0 Å². The van der Waals surface area contributed by atoms with Crippen molar-refractivity contribution in [3.05, 3.63) is 80.2 Å². The monoisotopic (exact) mass is 550 g/mol. The van der Waals surface area contributed by atoms with Crippen LogP contribution < -0.4 is 14.8 Å². The zero-order valence-electron chi connectivity index (χ0n) is 18.8. The van der Waals surface area contributed by atoms with Gasteiger partial charge in [0.05, 0.1) is 34.9 Å². The van der Waals surface area contributed by atoms with Gasteiger partial charge in [0.25, 0.3) is 5.91 Å². The molecule has 3 aromatic rings. The summed E-state index contributed by atoms with van der Waals surface area (Å²) in [6.07, 6.45) is 5.36. The van der Waals surface area contributed by atoms with Crippen LogP contribution in [0.15, 0.2) is 48.4 Å². The van der Waals surface area contributed by atoms with Crippen molar-refractivity contribution in [2.24, 2.45) is 0 Å². The van der Waals surface area contributed by atoms with Crippen molar-refractivity contribution in [2.45, 2.75) is 26.6 Å². The van der Waals surface area contributed by atoms with Gasteiger partial charge in [-0.05, 0) is 49.0 Å². The number of benzene rings is 2. The summed E-state index contributed by atoms with van der Waals surface area (Å²) in [4.78, 5) is 14.5. The normalized spacial score (nSPS) is 14.5. The van der Waals surface area contributed by atoms with Gasteiger partial charge in [0.1, 0.15) is 23.8 Å². The van der Waals surface area contributed by atoms with E-state index in [-0.39, 0.29) is 12.5 Å². The molecule has 4 rings (SSSR count). The van der Waals surface area contributed by atoms with Crippen molar-refractivity contribution in [3.63, 3.8) is 0 Å². The quantitative estimate of drug-likeness (QED) is 0.220. The fourth-order valence-electron chi connectivity index (χ4n) is 3.50. The molecule has 1 aromatic heterocycles. The fourth-order valence-corrected chi connectivity index (χ4v) is 4.35. The molecule has 0 unspecified atom stereocenters. The van der Waals surface area contributed by atoms with Crippen molar-refractivity contribution in [1.29, 1.82) is 0 Å². The van der Waals surface area contributed by atoms with Crippen molar-refractivity contribution in [3.8, 4) is 11.5 Å². The Morgan fingerprint density at radius 3 is 2.60 bits per heavy atom. The second-order valence-electron chi connectivity index (χ2n) is 7.64. The number of nitrogens with zero attached hydrogens (tertiary/aromatic N) is 3. The van der Waals surface area contributed by atoms with Crippen LogP contribution in [0.3, 0.4) is 0 Å². The molecule has 1 N–H and O–H groups in total. The van der Waals surface area contributed by atoms with E-state index in [1.54, 1.807) is 36.2 Å². The Kier molecular flexibility index (Phi) is 7.86. The Morgan fingerprint density at radius 2 is 1.89 bits per heavy atom. The van der Waals surface area contributed by atoms with Crippen molar-refractivity contribution in [2.75, 3.05) is 7.11 Å². The zero-order chi connectivity index (χ0) is 25.1. The van der Waals surface area contributed by atoms with Gasteiger partial charge in [-0.15, -0.1) is 0 Å². The molecule has 2 aromatic carbocycles. The molecule has 1 amide bonds. The van der Waals surface area contributed by atoms with Gasteiger partial charge in [-0.3, -0.25) is 14.4 Å². The minimum atomic E-state index is -0.213. The molecule has 0 atom stereocenters. The number of hydrogen-bond acceptors (Lipinski definition) is 5. The molecule has 0 saturated carbocycles. The first-order valence-corrected chi connectivity index (χ1v) is 12.1. The molecule has 1 aliphatic rings. The maximum absolute atomic E-state index is 13.0. The third-order valence-electron chi connectivity index (χ3n) is 5.29. The van der Waals surface area contributed by atoms with Crippen LogP contribution in [0, 0.1) is 0 Å². The highest BCUT2D eigenvalue weighted by Crippen LogP contribution is 2.35. The summed E-state index contributed by atoms with van der Waals surface area (Å²) >= 11 is 23.7. The number of methoxy groups -OCH3 is 1. The van der Waals surface area contributed by atoms with E-state index in [0.717, 1.165) is 23.2 Å². The van der Waals surface area contributed by atoms with Crippen LogP contribution in [0.5, 0.6) is 11.5 Å². The Labute approximate surface area is 223 Å². The van der Waals surface area contributed by atoms with Gasteiger partial charge in [0.15, 0.2) is 5.11 Å². The largest absolute Gasteiger partial charge is 0.496 e. The molecular weight excluding hydrogens is 531 g/mol. The highest BCUT2D eigenvalue weighted by molar-refractivity contribution is 7.80. The number of ether oxygens (including phenoxy) is 2. The number of amides is 1. The second-order valence-corrected chi connectivity index (χ2v) is 9.25. The minimum Gasteiger partial charge on any atom is -0.496 e. The first-order chi connectivity index (χ1) is 16.8.